The molecule has 27 heavy (non-hydrogen) atoms. The molecule has 1 amide bonds. The molecule has 1 saturated heterocycles. The molecule has 6 heteroatoms. The van der Waals surface area contributed by atoms with E-state index >= 15 is 0 Å². The van der Waals surface area contributed by atoms with Crippen molar-refractivity contribution >= 4 is 29.4 Å². The van der Waals surface area contributed by atoms with Crippen LogP contribution in [-0.2, 0) is 4.79 Å². The number of anilines is 1. The Bertz CT molecular complexity index is 823. The molecule has 1 heterocycles. The molecule has 0 radical (unpaired) electrons. The molecule has 2 aromatic carbocycles. The number of nitrogens with zero attached hydrogens (tertiary/aromatic N) is 1. The second-order valence-electron chi connectivity index (χ2n) is 6.23. The molecule has 0 saturated carbocycles. The van der Waals surface area contributed by atoms with Crippen molar-refractivity contribution in [2.24, 2.45) is 0 Å². The van der Waals surface area contributed by atoms with E-state index in [1.807, 2.05) is 36.4 Å². The number of phenols is 1. The minimum atomic E-state index is -0.142. The number of nitrogens with one attached hydrogen (secondary N) is 1. The summed E-state index contributed by atoms with van der Waals surface area (Å²) in [4.78, 5) is 15.5. The number of aromatic hydroxyl groups is 1. The van der Waals surface area contributed by atoms with Gasteiger partial charge in [-0.3, -0.25) is 15.0 Å². The number of hydrogen-bond donors (Lipinski definition) is 2. The molecule has 0 bridgehead atoms. The maximum Gasteiger partial charge on any atom is 0.266 e. The van der Waals surface area contributed by atoms with Gasteiger partial charge in [0.25, 0.3) is 5.91 Å². The van der Waals surface area contributed by atoms with E-state index in [9.17, 15) is 9.90 Å². The molecule has 1 aliphatic rings. The quantitative estimate of drug-likeness (QED) is 0.553. The van der Waals surface area contributed by atoms with E-state index in [4.69, 9.17) is 4.74 Å². The normalized spacial score (nSPS) is 18.3. The van der Waals surface area contributed by atoms with Gasteiger partial charge in [-0.2, -0.15) is 0 Å². The zero-order valence-electron chi connectivity index (χ0n) is 15.5. The zero-order chi connectivity index (χ0) is 19.2. The highest BCUT2D eigenvalue weighted by molar-refractivity contribution is 8.05. The maximum absolute atomic E-state index is 13.1. The van der Waals surface area contributed by atoms with E-state index in [2.05, 4.69) is 12.2 Å². The molecule has 2 aromatic rings. The SMILES string of the molecule is CCCCNC1S/C(=C\c2ccc(O)c(OC)c2)C(=O)N1c1ccccc1. The van der Waals surface area contributed by atoms with Gasteiger partial charge in [0, 0.05) is 5.69 Å². The second-order valence-corrected chi connectivity index (χ2v) is 7.35. The van der Waals surface area contributed by atoms with Crippen LogP contribution in [-0.4, -0.2) is 30.2 Å². The maximum atomic E-state index is 13.1. The van der Waals surface area contributed by atoms with Crippen molar-refractivity contribution < 1.29 is 14.6 Å². The van der Waals surface area contributed by atoms with Crippen molar-refractivity contribution in [3.05, 3.63) is 59.0 Å². The fourth-order valence-corrected chi connectivity index (χ4v) is 4.02. The second kappa shape index (κ2) is 8.97. The third-order valence-corrected chi connectivity index (χ3v) is 5.44. The van der Waals surface area contributed by atoms with Crippen LogP contribution in [0.1, 0.15) is 25.3 Å². The van der Waals surface area contributed by atoms with Crippen LogP contribution in [0.3, 0.4) is 0 Å². The predicted octanol–water partition coefficient (Wildman–Crippen LogP) is 4.20. The summed E-state index contributed by atoms with van der Waals surface area (Å²) < 4.78 is 5.16. The highest BCUT2D eigenvalue weighted by Gasteiger charge is 2.36. The van der Waals surface area contributed by atoms with Crippen LogP contribution in [0.15, 0.2) is 53.4 Å². The number of rotatable bonds is 7. The average Bonchev–Trinajstić information content (AvgIpc) is 2.99. The lowest BCUT2D eigenvalue weighted by Gasteiger charge is -2.24. The highest BCUT2D eigenvalue weighted by atomic mass is 32.2. The van der Waals surface area contributed by atoms with E-state index in [1.165, 1.54) is 18.9 Å². The van der Waals surface area contributed by atoms with Crippen LogP contribution < -0.4 is 15.0 Å². The topological polar surface area (TPSA) is 61.8 Å². The van der Waals surface area contributed by atoms with E-state index in [0.717, 1.165) is 30.6 Å². The summed E-state index contributed by atoms with van der Waals surface area (Å²) in [5.74, 6) is 0.430. The van der Waals surface area contributed by atoms with Crippen molar-refractivity contribution in [2.45, 2.75) is 25.3 Å². The van der Waals surface area contributed by atoms with Crippen molar-refractivity contribution in [3.8, 4) is 11.5 Å². The third kappa shape index (κ3) is 4.46. The van der Waals surface area contributed by atoms with E-state index in [0.29, 0.717) is 10.7 Å². The molecule has 1 fully saturated rings. The Morgan fingerprint density at radius 1 is 1.26 bits per heavy atom. The Balaban J connectivity index is 1.89. The summed E-state index contributed by atoms with van der Waals surface area (Å²) in [5.41, 5.74) is 1.54. The van der Waals surface area contributed by atoms with Crippen LogP contribution in [0.5, 0.6) is 11.5 Å². The van der Waals surface area contributed by atoms with Crippen LogP contribution in [0.25, 0.3) is 6.08 Å². The molecule has 5 nitrogen and oxygen atoms in total. The number of carbonyl (C=O) groups is 1. The van der Waals surface area contributed by atoms with Crippen LogP contribution >= 0.6 is 11.8 Å². The highest BCUT2D eigenvalue weighted by Crippen LogP contribution is 2.38. The summed E-state index contributed by atoms with van der Waals surface area (Å²) in [6, 6.07) is 14.8. The number of phenolic OH excluding ortho intramolecular Hbond substituents is 1. The zero-order valence-corrected chi connectivity index (χ0v) is 16.3. The summed E-state index contributed by atoms with van der Waals surface area (Å²) in [5, 5.41) is 13.2. The number of benzene rings is 2. The van der Waals surface area contributed by atoms with Gasteiger partial charge < -0.3 is 9.84 Å². The largest absolute Gasteiger partial charge is 0.504 e. The number of hydrogen-bond acceptors (Lipinski definition) is 5. The van der Waals surface area contributed by atoms with Crippen molar-refractivity contribution in [1.82, 2.24) is 5.32 Å². The Labute approximate surface area is 164 Å². The standard InChI is InChI=1S/C21H24N2O3S/c1-3-4-12-22-21-23(16-8-6-5-7-9-16)20(25)19(27-21)14-15-10-11-17(24)18(13-15)26-2/h5-11,13-14,21-22,24H,3-4,12H2,1-2H3/b19-14-. The summed E-state index contributed by atoms with van der Waals surface area (Å²) >= 11 is 1.51. The summed E-state index contributed by atoms with van der Waals surface area (Å²) in [6.45, 7) is 3.00. The van der Waals surface area contributed by atoms with Gasteiger partial charge in [0.1, 0.15) is 5.50 Å². The lowest BCUT2D eigenvalue weighted by atomic mass is 10.2. The van der Waals surface area contributed by atoms with Gasteiger partial charge in [-0.25, -0.2) is 0 Å². The number of unbranched alkanes of at least 4 members (excludes halogenated alkanes) is 1. The van der Waals surface area contributed by atoms with Gasteiger partial charge in [-0.05, 0) is 48.9 Å². The minimum Gasteiger partial charge on any atom is -0.504 e. The molecule has 142 valence electrons. The van der Waals surface area contributed by atoms with Crippen molar-refractivity contribution in [2.75, 3.05) is 18.6 Å². The Morgan fingerprint density at radius 3 is 2.74 bits per heavy atom. The van der Waals surface area contributed by atoms with Crippen molar-refractivity contribution in [3.63, 3.8) is 0 Å². The van der Waals surface area contributed by atoms with Gasteiger partial charge in [-0.15, -0.1) is 0 Å². The summed E-state index contributed by atoms with van der Waals surface area (Å²) in [7, 11) is 1.51. The lowest BCUT2D eigenvalue weighted by Crippen LogP contribution is -2.42. The van der Waals surface area contributed by atoms with Gasteiger partial charge in [-0.1, -0.05) is 49.4 Å². The smallest absolute Gasteiger partial charge is 0.266 e. The summed E-state index contributed by atoms with van der Waals surface area (Å²) in [6.07, 6.45) is 3.99. The first kappa shape index (κ1) is 19.3. The lowest BCUT2D eigenvalue weighted by molar-refractivity contribution is -0.114. The Kier molecular flexibility index (Phi) is 6.42. The molecule has 1 atom stereocenters. The van der Waals surface area contributed by atoms with Gasteiger partial charge in [0.15, 0.2) is 11.5 Å². The molecule has 1 aliphatic heterocycles. The fourth-order valence-electron chi connectivity index (χ4n) is 2.86. The number of para-hydroxylation sites is 1. The van der Waals surface area contributed by atoms with E-state index in [-0.39, 0.29) is 17.2 Å². The van der Waals surface area contributed by atoms with Crippen LogP contribution in [0.4, 0.5) is 5.69 Å². The van der Waals surface area contributed by atoms with Crippen LogP contribution in [0, 0.1) is 0 Å². The average molecular weight is 385 g/mol. The number of amides is 1. The molecule has 0 aliphatic carbocycles. The Morgan fingerprint density at radius 2 is 2.04 bits per heavy atom. The first-order valence-electron chi connectivity index (χ1n) is 9.01. The Hall–Kier alpha value is -2.44. The number of methoxy groups -OCH3 is 1. The molecule has 0 spiro atoms. The molecule has 1 unspecified atom stereocenters. The number of ether oxygens (including phenoxy) is 1. The van der Waals surface area contributed by atoms with E-state index < -0.39 is 0 Å². The van der Waals surface area contributed by atoms with Crippen molar-refractivity contribution in [1.29, 1.82) is 0 Å². The molecule has 0 aromatic heterocycles. The fraction of sp³-hybridized carbons (Fsp3) is 0.286. The van der Waals surface area contributed by atoms with E-state index in [1.54, 1.807) is 23.1 Å². The van der Waals surface area contributed by atoms with Gasteiger partial charge in [0.2, 0.25) is 0 Å². The monoisotopic (exact) mass is 384 g/mol. The third-order valence-electron chi connectivity index (χ3n) is 4.29. The number of thioether (sulfide) groups is 1. The van der Waals surface area contributed by atoms with Gasteiger partial charge in [0.05, 0.1) is 12.0 Å². The van der Waals surface area contributed by atoms with Gasteiger partial charge >= 0.3 is 0 Å². The molecule has 2 N–H and O–H groups in total. The first-order chi connectivity index (χ1) is 13.1. The van der Waals surface area contributed by atoms with Crippen LogP contribution in [0.2, 0.25) is 0 Å². The molecular weight excluding hydrogens is 360 g/mol. The minimum absolute atomic E-state index is 0.0350. The predicted molar refractivity (Wildman–Crippen MR) is 111 cm³/mol. The number of carbonyl (C=O) groups excluding carboxylic acids is 1. The first-order valence-corrected chi connectivity index (χ1v) is 9.89. The molecular formula is C21H24N2O3S. The molecule has 3 rings (SSSR count).